The van der Waals surface area contributed by atoms with Crippen LogP contribution in [0.5, 0.6) is 11.5 Å². The van der Waals surface area contributed by atoms with Crippen LogP contribution in [-0.4, -0.2) is 47.3 Å². The number of ether oxygens (including phenoxy) is 2. The molecule has 1 aromatic heterocycles. The van der Waals surface area contributed by atoms with Crippen LogP contribution in [0.15, 0.2) is 41.3 Å². The van der Waals surface area contributed by atoms with E-state index in [4.69, 9.17) is 9.47 Å². The van der Waals surface area contributed by atoms with Gasteiger partial charge in [-0.1, -0.05) is 6.07 Å². The van der Waals surface area contributed by atoms with Crippen LogP contribution in [-0.2, 0) is 14.8 Å². The van der Waals surface area contributed by atoms with Crippen LogP contribution in [0.2, 0.25) is 0 Å². The van der Waals surface area contributed by atoms with E-state index in [1.54, 1.807) is 36.4 Å². The molecule has 1 fully saturated rings. The molecule has 5 rings (SSSR count). The summed E-state index contributed by atoms with van der Waals surface area (Å²) in [6, 6.07) is 10.2. The van der Waals surface area contributed by atoms with Crippen molar-refractivity contribution in [3.05, 3.63) is 36.4 Å². The molecule has 1 amide bonds. The normalized spacial score (nSPS) is 17.3. The molecule has 3 heterocycles. The SMILES string of the molecule is O=C(Nc1ccc2c(c1)OCO2)C1CCN(S(=O)(=O)c2cccc3nsnc23)CC1. The highest BCUT2D eigenvalue weighted by molar-refractivity contribution is 7.89. The Balaban J connectivity index is 1.26. The summed E-state index contributed by atoms with van der Waals surface area (Å²) in [5.41, 5.74) is 1.59. The molecular formula is C19H18N4O5S2. The number of sulfonamides is 1. The monoisotopic (exact) mass is 446 g/mol. The van der Waals surface area contributed by atoms with Crippen molar-refractivity contribution < 1.29 is 22.7 Å². The molecule has 2 aliphatic heterocycles. The molecule has 2 aromatic carbocycles. The van der Waals surface area contributed by atoms with E-state index in [2.05, 4.69) is 14.1 Å². The number of aromatic nitrogens is 2. The molecule has 1 saturated heterocycles. The molecule has 0 saturated carbocycles. The van der Waals surface area contributed by atoms with Gasteiger partial charge in [-0.15, -0.1) is 0 Å². The van der Waals surface area contributed by atoms with Crippen molar-refractivity contribution in [2.45, 2.75) is 17.7 Å². The standard InChI is InChI=1S/C19H18N4O5S2/c24-19(20-13-4-5-15-16(10-13)28-11-27-15)12-6-8-23(9-7-12)30(25,26)17-3-1-2-14-18(17)22-29-21-14/h1-5,10,12H,6-9,11H2,(H,20,24). The van der Waals surface area contributed by atoms with Gasteiger partial charge in [0, 0.05) is 30.8 Å². The van der Waals surface area contributed by atoms with Gasteiger partial charge in [0.25, 0.3) is 0 Å². The van der Waals surface area contributed by atoms with E-state index in [9.17, 15) is 13.2 Å². The lowest BCUT2D eigenvalue weighted by Gasteiger charge is -2.30. The van der Waals surface area contributed by atoms with Gasteiger partial charge in [-0.3, -0.25) is 4.79 Å². The first kappa shape index (κ1) is 19.2. The molecule has 0 atom stereocenters. The van der Waals surface area contributed by atoms with Crippen LogP contribution >= 0.6 is 11.7 Å². The fourth-order valence-corrected chi connectivity index (χ4v) is 5.93. The number of anilines is 1. The molecule has 0 radical (unpaired) electrons. The van der Waals surface area contributed by atoms with Gasteiger partial charge in [0.15, 0.2) is 11.5 Å². The van der Waals surface area contributed by atoms with Gasteiger partial charge in [0.1, 0.15) is 15.9 Å². The molecule has 3 aromatic rings. The smallest absolute Gasteiger partial charge is 0.245 e. The minimum Gasteiger partial charge on any atom is -0.454 e. The number of nitrogens with zero attached hydrogens (tertiary/aromatic N) is 3. The topological polar surface area (TPSA) is 111 Å². The van der Waals surface area contributed by atoms with Crippen LogP contribution in [0.1, 0.15) is 12.8 Å². The summed E-state index contributed by atoms with van der Waals surface area (Å²) >= 11 is 0.990. The minimum absolute atomic E-state index is 0.128. The Labute approximate surface area is 177 Å². The van der Waals surface area contributed by atoms with Crippen molar-refractivity contribution in [2.24, 2.45) is 5.92 Å². The number of carbonyl (C=O) groups excluding carboxylic acids is 1. The third-order valence-electron chi connectivity index (χ3n) is 5.33. The van der Waals surface area contributed by atoms with Gasteiger partial charge in [-0.2, -0.15) is 13.1 Å². The molecule has 30 heavy (non-hydrogen) atoms. The summed E-state index contributed by atoms with van der Waals surface area (Å²) < 4.78 is 46.5. The van der Waals surface area contributed by atoms with E-state index in [-0.39, 0.29) is 36.6 Å². The summed E-state index contributed by atoms with van der Waals surface area (Å²) in [5, 5.41) is 2.89. The fourth-order valence-electron chi connectivity index (χ4n) is 3.71. The Morgan fingerprint density at radius 1 is 1.10 bits per heavy atom. The van der Waals surface area contributed by atoms with Crippen molar-refractivity contribution in [3.8, 4) is 11.5 Å². The Morgan fingerprint density at radius 2 is 1.90 bits per heavy atom. The van der Waals surface area contributed by atoms with Gasteiger partial charge in [0.2, 0.25) is 22.7 Å². The maximum atomic E-state index is 13.1. The van der Waals surface area contributed by atoms with E-state index < -0.39 is 10.0 Å². The maximum absolute atomic E-state index is 13.1. The summed E-state index contributed by atoms with van der Waals surface area (Å²) in [7, 11) is -3.70. The highest BCUT2D eigenvalue weighted by Crippen LogP contribution is 2.35. The van der Waals surface area contributed by atoms with Crippen LogP contribution in [0.4, 0.5) is 5.69 Å². The molecular weight excluding hydrogens is 428 g/mol. The number of nitrogens with one attached hydrogen (secondary N) is 1. The molecule has 0 spiro atoms. The predicted molar refractivity (Wildman–Crippen MR) is 110 cm³/mol. The lowest BCUT2D eigenvalue weighted by Crippen LogP contribution is -2.41. The number of benzene rings is 2. The molecule has 9 nitrogen and oxygen atoms in total. The van der Waals surface area contributed by atoms with Crippen molar-refractivity contribution >= 4 is 44.4 Å². The average molecular weight is 447 g/mol. The van der Waals surface area contributed by atoms with Crippen molar-refractivity contribution in [3.63, 3.8) is 0 Å². The van der Waals surface area contributed by atoms with E-state index in [0.717, 1.165) is 11.7 Å². The Morgan fingerprint density at radius 3 is 2.73 bits per heavy atom. The number of piperidine rings is 1. The summed E-state index contributed by atoms with van der Waals surface area (Å²) in [6.45, 7) is 0.718. The summed E-state index contributed by atoms with van der Waals surface area (Å²) in [6.07, 6.45) is 0.891. The van der Waals surface area contributed by atoms with Crippen LogP contribution in [0.25, 0.3) is 11.0 Å². The third-order valence-corrected chi connectivity index (χ3v) is 7.80. The predicted octanol–water partition coefficient (Wildman–Crippen LogP) is 2.46. The summed E-state index contributed by atoms with van der Waals surface area (Å²) in [5.74, 6) is 0.853. The van der Waals surface area contributed by atoms with Crippen molar-refractivity contribution in [1.29, 1.82) is 0 Å². The van der Waals surface area contributed by atoms with E-state index >= 15 is 0 Å². The van der Waals surface area contributed by atoms with Gasteiger partial charge in [-0.25, -0.2) is 8.42 Å². The second-order valence-corrected chi connectivity index (χ2v) is 9.56. The zero-order chi connectivity index (χ0) is 20.7. The van der Waals surface area contributed by atoms with Crippen molar-refractivity contribution in [1.82, 2.24) is 13.1 Å². The molecule has 156 valence electrons. The largest absolute Gasteiger partial charge is 0.454 e. The molecule has 2 aliphatic rings. The van der Waals surface area contributed by atoms with Crippen LogP contribution in [0.3, 0.4) is 0 Å². The van der Waals surface area contributed by atoms with E-state index in [1.165, 1.54) is 4.31 Å². The van der Waals surface area contributed by atoms with E-state index in [0.29, 0.717) is 41.1 Å². The molecule has 11 heteroatoms. The fraction of sp³-hybridized carbons (Fsp3) is 0.316. The number of hydrogen-bond donors (Lipinski definition) is 1. The molecule has 1 N–H and O–H groups in total. The zero-order valence-corrected chi connectivity index (χ0v) is 17.4. The highest BCUT2D eigenvalue weighted by Gasteiger charge is 2.33. The van der Waals surface area contributed by atoms with E-state index in [1.807, 2.05) is 0 Å². The number of hydrogen-bond acceptors (Lipinski definition) is 8. The quantitative estimate of drug-likeness (QED) is 0.655. The molecule has 0 unspecified atom stereocenters. The maximum Gasteiger partial charge on any atom is 0.245 e. The number of fused-ring (bicyclic) bond motifs is 2. The Bertz CT molecular complexity index is 1220. The average Bonchev–Trinajstić information content (AvgIpc) is 3.42. The minimum atomic E-state index is -3.70. The first-order valence-electron chi connectivity index (χ1n) is 9.44. The van der Waals surface area contributed by atoms with Gasteiger partial charge < -0.3 is 14.8 Å². The van der Waals surface area contributed by atoms with Crippen molar-refractivity contribution in [2.75, 3.05) is 25.2 Å². The third kappa shape index (κ3) is 3.38. The second kappa shape index (κ2) is 7.49. The van der Waals surface area contributed by atoms with Gasteiger partial charge >= 0.3 is 0 Å². The van der Waals surface area contributed by atoms with Crippen LogP contribution < -0.4 is 14.8 Å². The lowest BCUT2D eigenvalue weighted by atomic mass is 9.97. The first-order valence-corrected chi connectivity index (χ1v) is 11.6. The first-order chi connectivity index (χ1) is 14.5. The number of amides is 1. The van der Waals surface area contributed by atoms with Gasteiger partial charge in [0.05, 0.1) is 11.7 Å². The zero-order valence-electron chi connectivity index (χ0n) is 15.8. The lowest BCUT2D eigenvalue weighted by molar-refractivity contribution is -0.120. The summed E-state index contributed by atoms with van der Waals surface area (Å²) in [4.78, 5) is 12.8. The number of rotatable bonds is 4. The second-order valence-electron chi connectivity index (χ2n) is 7.12. The molecule has 0 aliphatic carbocycles. The Kier molecular flexibility index (Phi) is 4.80. The van der Waals surface area contributed by atoms with Crippen LogP contribution in [0, 0.1) is 5.92 Å². The highest BCUT2D eigenvalue weighted by atomic mass is 32.2. The number of carbonyl (C=O) groups is 1. The Hall–Kier alpha value is -2.76. The molecule has 0 bridgehead atoms. The van der Waals surface area contributed by atoms with Gasteiger partial charge in [-0.05, 0) is 37.1 Å².